The molecule has 1 aromatic carbocycles. The Morgan fingerprint density at radius 3 is 2.41 bits per heavy atom. The molecular formula is C18H25N3O. The largest absolute Gasteiger partial charge is 0.350 e. The first-order valence-electron chi connectivity index (χ1n) is 7.87. The van der Waals surface area contributed by atoms with Crippen LogP contribution in [0.5, 0.6) is 0 Å². The van der Waals surface area contributed by atoms with Gasteiger partial charge in [-0.15, -0.1) is 0 Å². The summed E-state index contributed by atoms with van der Waals surface area (Å²) in [6.45, 7) is 9.10. The Morgan fingerprint density at radius 1 is 1.18 bits per heavy atom. The summed E-state index contributed by atoms with van der Waals surface area (Å²) in [4.78, 5) is 12.2. The second-order valence-corrected chi connectivity index (χ2v) is 6.33. The van der Waals surface area contributed by atoms with Crippen LogP contribution >= 0.6 is 0 Å². The average molecular weight is 299 g/mol. The van der Waals surface area contributed by atoms with E-state index in [9.17, 15) is 4.79 Å². The van der Waals surface area contributed by atoms with E-state index in [1.165, 1.54) is 5.56 Å². The molecule has 1 amide bonds. The van der Waals surface area contributed by atoms with Crippen LogP contribution < -0.4 is 5.32 Å². The van der Waals surface area contributed by atoms with E-state index in [1.54, 1.807) is 0 Å². The van der Waals surface area contributed by atoms with Crippen LogP contribution in [0, 0.1) is 5.92 Å². The van der Waals surface area contributed by atoms with Gasteiger partial charge in [0.05, 0.1) is 0 Å². The van der Waals surface area contributed by atoms with Gasteiger partial charge >= 0.3 is 0 Å². The second-order valence-electron chi connectivity index (χ2n) is 6.33. The number of carbonyl (C=O) groups excluding carboxylic acids is 1. The molecule has 0 aliphatic rings. The number of benzene rings is 1. The van der Waals surface area contributed by atoms with Gasteiger partial charge in [0.25, 0.3) is 5.91 Å². The molecule has 1 unspecified atom stereocenters. The molecule has 4 heteroatoms. The summed E-state index contributed by atoms with van der Waals surface area (Å²) < 4.78 is 0. The van der Waals surface area contributed by atoms with Crippen LogP contribution in [0.4, 0.5) is 0 Å². The lowest BCUT2D eigenvalue weighted by molar-refractivity contribution is 0.0944. The highest BCUT2D eigenvalue weighted by Gasteiger charge is 2.18. The van der Waals surface area contributed by atoms with Crippen LogP contribution in [-0.2, 0) is 0 Å². The minimum Gasteiger partial charge on any atom is -0.350 e. The fourth-order valence-corrected chi connectivity index (χ4v) is 2.48. The number of hydrogen-bond acceptors (Lipinski definition) is 2. The Bertz CT molecular complexity index is 602. The van der Waals surface area contributed by atoms with Gasteiger partial charge in [-0.3, -0.25) is 9.89 Å². The number of hydrogen-bond donors (Lipinski definition) is 2. The number of aromatic amines is 1. The van der Waals surface area contributed by atoms with Gasteiger partial charge in [0.1, 0.15) is 5.69 Å². The van der Waals surface area contributed by atoms with Gasteiger partial charge in [-0.2, -0.15) is 5.10 Å². The van der Waals surface area contributed by atoms with Gasteiger partial charge in [-0.05, 0) is 23.5 Å². The van der Waals surface area contributed by atoms with Crippen molar-refractivity contribution in [3.63, 3.8) is 0 Å². The topological polar surface area (TPSA) is 57.8 Å². The van der Waals surface area contributed by atoms with Gasteiger partial charge < -0.3 is 5.32 Å². The summed E-state index contributed by atoms with van der Waals surface area (Å²) in [5.41, 5.74) is 2.69. The monoisotopic (exact) mass is 299 g/mol. The lowest BCUT2D eigenvalue weighted by Gasteiger charge is -2.21. The van der Waals surface area contributed by atoms with Crippen molar-refractivity contribution in [2.45, 2.75) is 39.5 Å². The maximum absolute atomic E-state index is 12.2. The zero-order valence-corrected chi connectivity index (χ0v) is 13.8. The van der Waals surface area contributed by atoms with Crippen LogP contribution in [0.3, 0.4) is 0 Å². The summed E-state index contributed by atoms with van der Waals surface area (Å²) >= 11 is 0. The first-order chi connectivity index (χ1) is 10.5. The van der Waals surface area contributed by atoms with Crippen molar-refractivity contribution in [1.29, 1.82) is 0 Å². The molecule has 118 valence electrons. The lowest BCUT2D eigenvalue weighted by Crippen LogP contribution is -2.30. The second kappa shape index (κ2) is 7.25. The van der Waals surface area contributed by atoms with Gasteiger partial charge in [-0.25, -0.2) is 0 Å². The zero-order valence-electron chi connectivity index (χ0n) is 13.8. The molecule has 0 aliphatic carbocycles. The molecule has 1 atom stereocenters. The van der Waals surface area contributed by atoms with Gasteiger partial charge in [0.15, 0.2) is 0 Å². The van der Waals surface area contributed by atoms with Crippen LogP contribution in [0.15, 0.2) is 36.4 Å². The average Bonchev–Trinajstić information content (AvgIpc) is 2.98. The summed E-state index contributed by atoms with van der Waals surface area (Å²) in [6, 6.07) is 12.1. The predicted octanol–water partition coefficient (Wildman–Crippen LogP) is 3.70. The third-order valence-corrected chi connectivity index (χ3v) is 3.97. The molecule has 22 heavy (non-hydrogen) atoms. The maximum atomic E-state index is 12.2. The number of rotatable bonds is 6. The van der Waals surface area contributed by atoms with Gasteiger partial charge in [0.2, 0.25) is 0 Å². The van der Waals surface area contributed by atoms with Gasteiger partial charge in [0, 0.05) is 18.2 Å². The van der Waals surface area contributed by atoms with Crippen LogP contribution in [-0.4, -0.2) is 22.6 Å². The zero-order chi connectivity index (χ0) is 16.1. The predicted molar refractivity (Wildman–Crippen MR) is 89.0 cm³/mol. The fourth-order valence-electron chi connectivity index (χ4n) is 2.48. The molecule has 2 N–H and O–H groups in total. The first kappa shape index (κ1) is 16.3. The van der Waals surface area contributed by atoms with E-state index in [0.717, 1.165) is 5.69 Å². The van der Waals surface area contributed by atoms with E-state index in [0.29, 0.717) is 30.0 Å². The van der Waals surface area contributed by atoms with Crippen molar-refractivity contribution < 1.29 is 4.79 Å². The Labute approximate surface area is 132 Å². The number of carbonyl (C=O) groups is 1. The Kier molecular flexibility index (Phi) is 5.36. The summed E-state index contributed by atoms with van der Waals surface area (Å²) in [5.74, 6) is 0.966. The Morgan fingerprint density at radius 2 is 1.86 bits per heavy atom. The maximum Gasteiger partial charge on any atom is 0.271 e. The standard InChI is InChI=1S/C18H25N3O/c1-12(2)15(14-8-6-5-7-9-14)11-19-18(22)17-10-16(13(3)4)20-21-17/h5-10,12-13,15H,11H2,1-4H3,(H,19,22)(H,20,21). The molecule has 4 nitrogen and oxygen atoms in total. The van der Waals surface area contributed by atoms with Crippen molar-refractivity contribution in [1.82, 2.24) is 15.5 Å². The van der Waals surface area contributed by atoms with Crippen molar-refractivity contribution in [2.75, 3.05) is 6.54 Å². The molecular weight excluding hydrogens is 274 g/mol. The fraction of sp³-hybridized carbons (Fsp3) is 0.444. The minimum absolute atomic E-state index is 0.121. The van der Waals surface area contributed by atoms with E-state index in [-0.39, 0.29) is 5.91 Å². The van der Waals surface area contributed by atoms with E-state index in [4.69, 9.17) is 0 Å². The highest BCUT2D eigenvalue weighted by molar-refractivity contribution is 5.92. The molecule has 0 fully saturated rings. The summed E-state index contributed by atoms with van der Waals surface area (Å²) in [5, 5.41) is 10.0. The van der Waals surface area contributed by atoms with Crippen molar-refractivity contribution in [3.05, 3.63) is 53.3 Å². The Hall–Kier alpha value is -2.10. The number of aromatic nitrogens is 2. The van der Waals surface area contributed by atoms with E-state index in [1.807, 2.05) is 24.3 Å². The molecule has 0 saturated heterocycles. The summed E-state index contributed by atoms with van der Waals surface area (Å²) in [7, 11) is 0. The van der Waals surface area contributed by atoms with E-state index >= 15 is 0 Å². The number of H-pyrrole nitrogens is 1. The lowest BCUT2D eigenvalue weighted by atomic mass is 9.88. The van der Waals surface area contributed by atoms with E-state index in [2.05, 4.69) is 55.3 Å². The minimum atomic E-state index is -0.121. The number of amides is 1. The van der Waals surface area contributed by atoms with Crippen molar-refractivity contribution in [2.24, 2.45) is 5.92 Å². The van der Waals surface area contributed by atoms with Gasteiger partial charge in [-0.1, -0.05) is 58.0 Å². The highest BCUT2D eigenvalue weighted by atomic mass is 16.1. The van der Waals surface area contributed by atoms with Crippen molar-refractivity contribution in [3.8, 4) is 0 Å². The summed E-state index contributed by atoms with van der Waals surface area (Å²) in [6.07, 6.45) is 0. The highest BCUT2D eigenvalue weighted by Crippen LogP contribution is 2.23. The molecule has 1 aromatic heterocycles. The molecule has 2 aromatic rings. The first-order valence-corrected chi connectivity index (χ1v) is 7.87. The molecule has 0 bridgehead atoms. The van der Waals surface area contributed by atoms with Crippen LogP contribution in [0.2, 0.25) is 0 Å². The Balaban J connectivity index is 2.01. The van der Waals surface area contributed by atoms with E-state index < -0.39 is 0 Å². The molecule has 0 radical (unpaired) electrons. The molecule has 0 aliphatic heterocycles. The third-order valence-electron chi connectivity index (χ3n) is 3.97. The molecule has 0 spiro atoms. The molecule has 1 heterocycles. The normalized spacial score (nSPS) is 12.6. The third kappa shape index (κ3) is 3.97. The quantitative estimate of drug-likeness (QED) is 0.854. The smallest absolute Gasteiger partial charge is 0.271 e. The van der Waals surface area contributed by atoms with Crippen molar-refractivity contribution >= 4 is 5.91 Å². The molecule has 0 saturated carbocycles. The number of nitrogens with one attached hydrogen (secondary N) is 2. The number of nitrogens with zero attached hydrogens (tertiary/aromatic N) is 1. The SMILES string of the molecule is CC(C)c1cc(C(=O)NCC(c2ccccc2)C(C)C)n[nH]1. The molecule has 2 rings (SSSR count). The van der Waals surface area contributed by atoms with Crippen LogP contribution in [0.25, 0.3) is 0 Å². The van der Waals surface area contributed by atoms with Crippen LogP contribution in [0.1, 0.15) is 61.3 Å².